The van der Waals surface area contributed by atoms with Crippen LogP contribution in [0.15, 0.2) is 47.3 Å². The van der Waals surface area contributed by atoms with Gasteiger partial charge >= 0.3 is 5.97 Å². The molecule has 8 nitrogen and oxygen atoms in total. The van der Waals surface area contributed by atoms with Gasteiger partial charge in [0.25, 0.3) is 11.5 Å². The van der Waals surface area contributed by atoms with Crippen molar-refractivity contribution in [2.75, 3.05) is 19.8 Å². The lowest BCUT2D eigenvalue weighted by atomic mass is 10.2. The van der Waals surface area contributed by atoms with Gasteiger partial charge in [-0.3, -0.25) is 9.59 Å². The second kappa shape index (κ2) is 6.63. The molecule has 0 aliphatic carbocycles. The largest absolute Gasteiger partial charge is 0.480 e. The number of carbonyl (C=O) groups excluding carboxylic acids is 1. The standard InChI is InChI=1S/C16H15N3O5/c20-14-7-6-12(17-19(14)11-4-2-1-3-5-11)15(21)18-8-9-24-10-13(18)16(22)23/h1-7,13H,8-10H2,(H,22,23). The van der Waals surface area contributed by atoms with Gasteiger partial charge in [0, 0.05) is 12.6 Å². The maximum absolute atomic E-state index is 12.6. The Kier molecular flexibility index (Phi) is 4.39. The zero-order valence-corrected chi connectivity index (χ0v) is 12.7. The van der Waals surface area contributed by atoms with Crippen molar-refractivity contribution in [3.63, 3.8) is 0 Å². The number of carbonyl (C=O) groups is 2. The van der Waals surface area contributed by atoms with Gasteiger partial charge in [-0.15, -0.1) is 0 Å². The second-order valence-electron chi connectivity index (χ2n) is 5.23. The van der Waals surface area contributed by atoms with Crippen LogP contribution in [-0.4, -0.2) is 57.5 Å². The van der Waals surface area contributed by atoms with Crippen molar-refractivity contribution in [2.45, 2.75) is 6.04 Å². The van der Waals surface area contributed by atoms with Crippen molar-refractivity contribution in [1.29, 1.82) is 0 Å². The summed E-state index contributed by atoms with van der Waals surface area (Å²) in [6.07, 6.45) is 0. The maximum Gasteiger partial charge on any atom is 0.328 e. The number of rotatable bonds is 3. The topological polar surface area (TPSA) is 102 Å². The van der Waals surface area contributed by atoms with Crippen LogP contribution < -0.4 is 5.56 Å². The molecule has 3 rings (SSSR count). The Morgan fingerprint density at radius 1 is 1.17 bits per heavy atom. The molecule has 1 atom stereocenters. The summed E-state index contributed by atoms with van der Waals surface area (Å²) in [5.74, 6) is -1.69. The first kappa shape index (κ1) is 15.9. The Labute approximate surface area is 136 Å². The van der Waals surface area contributed by atoms with Crippen molar-refractivity contribution in [1.82, 2.24) is 14.7 Å². The third-order valence-electron chi connectivity index (χ3n) is 3.69. The van der Waals surface area contributed by atoms with Crippen LogP contribution in [0, 0.1) is 0 Å². The second-order valence-corrected chi connectivity index (χ2v) is 5.23. The highest BCUT2D eigenvalue weighted by atomic mass is 16.5. The molecule has 124 valence electrons. The minimum atomic E-state index is -1.14. The van der Waals surface area contributed by atoms with Gasteiger partial charge in [-0.25, -0.2) is 4.79 Å². The molecule has 24 heavy (non-hydrogen) atoms. The number of nitrogens with zero attached hydrogens (tertiary/aromatic N) is 3. The van der Waals surface area contributed by atoms with E-state index >= 15 is 0 Å². The number of para-hydroxylation sites is 1. The van der Waals surface area contributed by atoms with E-state index in [4.69, 9.17) is 4.74 Å². The number of hydrogen-bond acceptors (Lipinski definition) is 5. The molecule has 1 amide bonds. The van der Waals surface area contributed by atoms with Gasteiger partial charge in [-0.1, -0.05) is 18.2 Å². The Morgan fingerprint density at radius 3 is 2.62 bits per heavy atom. The molecule has 0 radical (unpaired) electrons. The van der Waals surface area contributed by atoms with Gasteiger partial charge in [0.1, 0.15) is 5.69 Å². The summed E-state index contributed by atoms with van der Waals surface area (Å²) in [5.41, 5.74) is 0.148. The van der Waals surface area contributed by atoms with Crippen molar-refractivity contribution in [2.24, 2.45) is 0 Å². The van der Waals surface area contributed by atoms with E-state index < -0.39 is 17.9 Å². The molecular formula is C16H15N3O5. The number of morpholine rings is 1. The van der Waals surface area contributed by atoms with Crippen LogP contribution in [0.2, 0.25) is 0 Å². The molecule has 0 bridgehead atoms. The molecule has 2 aromatic rings. The summed E-state index contributed by atoms with van der Waals surface area (Å²) in [4.78, 5) is 37.1. The molecule has 1 aromatic heterocycles. The number of aromatic nitrogens is 2. The molecule has 8 heteroatoms. The first-order valence-electron chi connectivity index (χ1n) is 7.35. The van der Waals surface area contributed by atoms with Gasteiger partial charge in [0.15, 0.2) is 6.04 Å². The van der Waals surface area contributed by atoms with Crippen LogP contribution in [0.4, 0.5) is 0 Å². The Bertz CT molecular complexity index is 818. The van der Waals surface area contributed by atoms with E-state index in [1.54, 1.807) is 30.3 Å². The molecule has 1 unspecified atom stereocenters. The first-order valence-corrected chi connectivity index (χ1v) is 7.35. The number of ether oxygens (including phenoxy) is 1. The van der Waals surface area contributed by atoms with E-state index in [0.717, 1.165) is 4.68 Å². The highest BCUT2D eigenvalue weighted by Crippen LogP contribution is 2.12. The lowest BCUT2D eigenvalue weighted by Gasteiger charge is -2.32. The molecule has 1 aromatic carbocycles. The summed E-state index contributed by atoms with van der Waals surface area (Å²) in [5, 5.41) is 13.3. The van der Waals surface area contributed by atoms with Gasteiger partial charge in [-0.2, -0.15) is 9.78 Å². The molecular weight excluding hydrogens is 314 g/mol. The molecule has 0 saturated carbocycles. The third kappa shape index (κ3) is 3.04. The van der Waals surface area contributed by atoms with Crippen LogP contribution in [0.3, 0.4) is 0 Å². The zero-order valence-electron chi connectivity index (χ0n) is 12.7. The Balaban J connectivity index is 1.96. The van der Waals surface area contributed by atoms with Crippen molar-refractivity contribution in [3.8, 4) is 5.69 Å². The summed E-state index contributed by atoms with van der Waals surface area (Å²) in [6.45, 7) is 0.342. The average Bonchev–Trinajstić information content (AvgIpc) is 2.62. The van der Waals surface area contributed by atoms with Crippen LogP contribution >= 0.6 is 0 Å². The van der Waals surface area contributed by atoms with E-state index in [-0.39, 0.29) is 31.0 Å². The molecule has 1 N–H and O–H groups in total. The van der Waals surface area contributed by atoms with Crippen molar-refractivity contribution >= 4 is 11.9 Å². The molecule has 1 saturated heterocycles. The maximum atomic E-state index is 12.6. The summed E-state index contributed by atoms with van der Waals surface area (Å²) < 4.78 is 6.24. The van der Waals surface area contributed by atoms with Crippen LogP contribution in [-0.2, 0) is 9.53 Å². The van der Waals surface area contributed by atoms with Crippen molar-refractivity contribution < 1.29 is 19.4 Å². The number of carboxylic acid groups (broad SMARTS) is 1. The highest BCUT2D eigenvalue weighted by Gasteiger charge is 2.34. The van der Waals surface area contributed by atoms with Gasteiger partial charge in [0.05, 0.1) is 18.9 Å². The number of amides is 1. The molecule has 2 heterocycles. The zero-order chi connectivity index (χ0) is 17.1. The fourth-order valence-electron chi connectivity index (χ4n) is 2.48. The fraction of sp³-hybridized carbons (Fsp3) is 0.250. The minimum absolute atomic E-state index is 0.00611. The van der Waals surface area contributed by atoms with E-state index in [9.17, 15) is 19.5 Å². The Morgan fingerprint density at radius 2 is 1.92 bits per heavy atom. The monoisotopic (exact) mass is 329 g/mol. The third-order valence-corrected chi connectivity index (χ3v) is 3.69. The van der Waals surface area contributed by atoms with Gasteiger partial charge in [-0.05, 0) is 18.2 Å². The fourth-order valence-corrected chi connectivity index (χ4v) is 2.48. The average molecular weight is 329 g/mol. The summed E-state index contributed by atoms with van der Waals surface area (Å²) in [7, 11) is 0. The lowest BCUT2D eigenvalue weighted by molar-refractivity contribution is -0.147. The van der Waals surface area contributed by atoms with E-state index in [2.05, 4.69) is 5.10 Å². The predicted molar refractivity (Wildman–Crippen MR) is 83.1 cm³/mol. The van der Waals surface area contributed by atoms with Gasteiger partial charge < -0.3 is 14.7 Å². The number of carboxylic acids is 1. The lowest BCUT2D eigenvalue weighted by Crippen LogP contribution is -2.53. The van der Waals surface area contributed by atoms with Crippen molar-refractivity contribution in [3.05, 3.63) is 58.5 Å². The van der Waals surface area contributed by atoms with E-state index in [0.29, 0.717) is 5.69 Å². The minimum Gasteiger partial charge on any atom is -0.480 e. The normalized spacial score (nSPS) is 17.5. The van der Waals surface area contributed by atoms with Crippen LogP contribution in [0.25, 0.3) is 5.69 Å². The quantitative estimate of drug-likeness (QED) is 0.860. The Hall–Kier alpha value is -3.00. The molecule has 1 aliphatic rings. The number of hydrogen-bond donors (Lipinski definition) is 1. The smallest absolute Gasteiger partial charge is 0.328 e. The predicted octanol–water partition coefficient (Wildman–Crippen LogP) is 0.158. The number of aliphatic carboxylic acids is 1. The van der Waals surface area contributed by atoms with Crippen LogP contribution in [0.5, 0.6) is 0 Å². The number of benzene rings is 1. The van der Waals surface area contributed by atoms with E-state index in [1.165, 1.54) is 17.0 Å². The molecule has 0 spiro atoms. The first-order chi connectivity index (χ1) is 11.6. The molecule has 1 aliphatic heterocycles. The summed E-state index contributed by atoms with van der Waals surface area (Å²) in [6, 6.07) is 10.2. The van der Waals surface area contributed by atoms with Gasteiger partial charge in [0.2, 0.25) is 0 Å². The molecule has 1 fully saturated rings. The highest BCUT2D eigenvalue weighted by molar-refractivity contribution is 5.95. The van der Waals surface area contributed by atoms with E-state index in [1.807, 2.05) is 0 Å². The SMILES string of the molecule is O=C(O)C1COCCN1C(=O)c1ccc(=O)n(-c2ccccc2)n1. The summed E-state index contributed by atoms with van der Waals surface area (Å²) >= 11 is 0. The van der Waals surface area contributed by atoms with Crippen LogP contribution in [0.1, 0.15) is 10.5 Å².